The number of esters is 1. The third kappa shape index (κ3) is 4.59. The molecule has 0 aliphatic carbocycles. The number of ether oxygens (including phenoxy) is 1. The molecule has 0 aromatic heterocycles. The second-order valence-electron chi connectivity index (χ2n) is 6.44. The summed E-state index contributed by atoms with van der Waals surface area (Å²) in [6.07, 6.45) is -0.261. The summed E-state index contributed by atoms with van der Waals surface area (Å²) in [5.74, 6) is -1.76. The lowest BCUT2D eigenvalue weighted by Crippen LogP contribution is -2.42. The van der Waals surface area contributed by atoms with E-state index < -0.39 is 33.8 Å². The van der Waals surface area contributed by atoms with E-state index in [1.54, 1.807) is 14.1 Å². The number of halogens is 1. The molecule has 0 N–H and O–H groups in total. The summed E-state index contributed by atoms with van der Waals surface area (Å²) >= 11 is 0. The van der Waals surface area contributed by atoms with Crippen molar-refractivity contribution < 1.29 is 27.1 Å². The first-order chi connectivity index (χ1) is 12.1. The van der Waals surface area contributed by atoms with Crippen molar-refractivity contribution in [2.75, 3.05) is 27.2 Å². The van der Waals surface area contributed by atoms with E-state index >= 15 is 0 Å². The number of piperidine rings is 1. The summed E-state index contributed by atoms with van der Waals surface area (Å²) in [6.45, 7) is 1.83. The van der Waals surface area contributed by atoms with Gasteiger partial charge in [0.15, 0.2) is 6.10 Å². The molecule has 1 aliphatic heterocycles. The molecule has 1 amide bonds. The van der Waals surface area contributed by atoms with Crippen molar-refractivity contribution in [2.45, 2.75) is 30.8 Å². The van der Waals surface area contributed by atoms with Gasteiger partial charge < -0.3 is 9.64 Å². The maximum Gasteiger partial charge on any atom is 0.309 e. The number of nitrogens with zero attached hydrogens (tertiary/aromatic N) is 2. The molecule has 9 heteroatoms. The Kier molecular flexibility index (Phi) is 6.35. The van der Waals surface area contributed by atoms with Crippen LogP contribution in [0.1, 0.15) is 19.8 Å². The number of sulfonamides is 1. The average Bonchev–Trinajstić information content (AvgIpc) is 2.61. The first kappa shape index (κ1) is 20.3. The van der Waals surface area contributed by atoms with Crippen molar-refractivity contribution in [2.24, 2.45) is 5.92 Å². The van der Waals surface area contributed by atoms with Gasteiger partial charge in [0.1, 0.15) is 5.82 Å². The van der Waals surface area contributed by atoms with Crippen molar-refractivity contribution in [1.82, 2.24) is 9.21 Å². The van der Waals surface area contributed by atoms with E-state index in [9.17, 15) is 22.4 Å². The summed E-state index contributed by atoms with van der Waals surface area (Å²) < 4.78 is 44.6. The molecule has 0 saturated carbocycles. The number of carbonyl (C=O) groups is 2. The minimum Gasteiger partial charge on any atom is -0.452 e. The second-order valence-corrected chi connectivity index (χ2v) is 8.38. The summed E-state index contributed by atoms with van der Waals surface area (Å²) in [6, 6.07) is 4.64. The van der Waals surface area contributed by atoms with Crippen LogP contribution in [0.3, 0.4) is 0 Å². The third-order valence-electron chi connectivity index (χ3n) is 4.32. The number of rotatable bonds is 5. The molecule has 0 unspecified atom stereocenters. The zero-order valence-electron chi connectivity index (χ0n) is 15.0. The van der Waals surface area contributed by atoms with E-state index in [2.05, 4.69) is 0 Å². The van der Waals surface area contributed by atoms with Crippen LogP contribution >= 0.6 is 0 Å². The van der Waals surface area contributed by atoms with Crippen LogP contribution < -0.4 is 0 Å². The molecule has 26 heavy (non-hydrogen) atoms. The standard InChI is InChI=1S/C17H23FN2O5S/c1-12(16(21)19(2)3)25-17(22)13-8-10-20(11-9-13)26(23,24)15-6-4-14(18)5-7-15/h4-7,12-13H,8-11H2,1-3H3/t12-/m0/s1. The minimum atomic E-state index is -3.72. The average molecular weight is 386 g/mol. The van der Waals surface area contributed by atoms with Crippen molar-refractivity contribution in [3.63, 3.8) is 0 Å². The highest BCUT2D eigenvalue weighted by molar-refractivity contribution is 7.89. The minimum absolute atomic E-state index is 0.0186. The molecule has 1 atom stereocenters. The molecular formula is C17H23FN2O5S. The van der Waals surface area contributed by atoms with Gasteiger partial charge >= 0.3 is 5.97 Å². The lowest BCUT2D eigenvalue weighted by Gasteiger charge is -2.30. The van der Waals surface area contributed by atoms with Crippen molar-refractivity contribution >= 4 is 21.9 Å². The van der Waals surface area contributed by atoms with Crippen LogP contribution in [0, 0.1) is 11.7 Å². The fraction of sp³-hybridized carbons (Fsp3) is 0.529. The van der Waals surface area contributed by atoms with Crippen LogP contribution in [0.25, 0.3) is 0 Å². The molecule has 1 aromatic carbocycles. The number of hydrogen-bond acceptors (Lipinski definition) is 5. The predicted molar refractivity (Wildman–Crippen MR) is 92.1 cm³/mol. The smallest absolute Gasteiger partial charge is 0.309 e. The normalized spacial score (nSPS) is 17.5. The van der Waals surface area contributed by atoms with Crippen LogP contribution in [0.5, 0.6) is 0 Å². The number of amides is 1. The first-order valence-corrected chi connectivity index (χ1v) is 9.74. The largest absolute Gasteiger partial charge is 0.452 e. The van der Waals surface area contributed by atoms with Crippen LogP contribution in [0.2, 0.25) is 0 Å². The summed E-state index contributed by atoms with van der Waals surface area (Å²) in [4.78, 5) is 25.3. The Morgan fingerprint density at radius 3 is 2.23 bits per heavy atom. The lowest BCUT2D eigenvalue weighted by atomic mass is 9.98. The van der Waals surface area contributed by atoms with Crippen molar-refractivity contribution in [3.8, 4) is 0 Å². The Labute approximate surface area is 152 Å². The Hall–Kier alpha value is -2.00. The molecule has 7 nitrogen and oxygen atoms in total. The molecule has 1 heterocycles. The van der Waals surface area contributed by atoms with E-state index in [1.807, 2.05) is 0 Å². The van der Waals surface area contributed by atoms with Gasteiger partial charge in [-0.2, -0.15) is 4.31 Å². The maximum atomic E-state index is 13.0. The molecule has 1 aliphatic rings. The Balaban J connectivity index is 1.95. The molecule has 2 rings (SSSR count). The van der Waals surface area contributed by atoms with Gasteiger partial charge in [-0.15, -0.1) is 0 Å². The van der Waals surface area contributed by atoms with Gasteiger partial charge in [-0.05, 0) is 44.0 Å². The quantitative estimate of drug-likeness (QED) is 0.711. The monoisotopic (exact) mass is 386 g/mol. The molecule has 1 saturated heterocycles. The lowest BCUT2D eigenvalue weighted by molar-refractivity contribution is -0.162. The molecule has 0 spiro atoms. The summed E-state index contributed by atoms with van der Waals surface area (Å²) in [5.41, 5.74) is 0. The van der Waals surface area contributed by atoms with Crippen LogP contribution in [0.15, 0.2) is 29.2 Å². The van der Waals surface area contributed by atoms with E-state index in [1.165, 1.54) is 28.3 Å². The zero-order valence-corrected chi connectivity index (χ0v) is 15.8. The molecule has 0 bridgehead atoms. The highest BCUT2D eigenvalue weighted by Crippen LogP contribution is 2.25. The molecule has 0 radical (unpaired) electrons. The molecule has 1 fully saturated rings. The van der Waals surface area contributed by atoms with Gasteiger partial charge in [0.25, 0.3) is 5.91 Å². The molecular weight excluding hydrogens is 363 g/mol. The summed E-state index contributed by atoms with van der Waals surface area (Å²) in [5, 5.41) is 0. The van der Waals surface area contributed by atoms with Crippen molar-refractivity contribution in [3.05, 3.63) is 30.1 Å². The first-order valence-electron chi connectivity index (χ1n) is 8.30. The highest BCUT2D eigenvalue weighted by atomic mass is 32.2. The van der Waals surface area contributed by atoms with E-state index in [4.69, 9.17) is 4.74 Å². The maximum absolute atomic E-state index is 13.0. The zero-order chi connectivity index (χ0) is 19.5. The van der Waals surface area contributed by atoms with Gasteiger partial charge in [-0.3, -0.25) is 9.59 Å². The fourth-order valence-corrected chi connectivity index (χ4v) is 4.24. The van der Waals surface area contributed by atoms with Crippen LogP contribution in [0.4, 0.5) is 4.39 Å². The number of hydrogen-bond donors (Lipinski definition) is 0. The van der Waals surface area contributed by atoms with Gasteiger partial charge in [0.2, 0.25) is 10.0 Å². The van der Waals surface area contributed by atoms with Gasteiger partial charge in [-0.25, -0.2) is 12.8 Å². The van der Waals surface area contributed by atoms with Crippen LogP contribution in [-0.4, -0.2) is 62.8 Å². The topological polar surface area (TPSA) is 84.0 Å². The van der Waals surface area contributed by atoms with E-state index in [0.717, 1.165) is 12.1 Å². The SMILES string of the molecule is C[C@H](OC(=O)C1CCN(S(=O)(=O)c2ccc(F)cc2)CC1)C(=O)N(C)C. The number of benzene rings is 1. The van der Waals surface area contributed by atoms with Gasteiger partial charge in [0.05, 0.1) is 10.8 Å². The van der Waals surface area contributed by atoms with E-state index in [-0.39, 0.29) is 23.9 Å². The Morgan fingerprint density at radius 2 is 1.73 bits per heavy atom. The highest BCUT2D eigenvalue weighted by Gasteiger charge is 2.34. The van der Waals surface area contributed by atoms with Gasteiger partial charge in [-0.1, -0.05) is 0 Å². The Bertz CT molecular complexity index is 756. The van der Waals surface area contributed by atoms with Gasteiger partial charge in [0, 0.05) is 27.2 Å². The number of carbonyl (C=O) groups excluding carboxylic acids is 2. The number of likely N-dealkylation sites (N-methyl/N-ethyl adjacent to an activating group) is 1. The van der Waals surface area contributed by atoms with E-state index in [0.29, 0.717) is 12.8 Å². The molecule has 1 aromatic rings. The predicted octanol–water partition coefficient (Wildman–Crippen LogP) is 1.25. The van der Waals surface area contributed by atoms with Crippen LogP contribution in [-0.2, 0) is 24.3 Å². The van der Waals surface area contributed by atoms with Crippen molar-refractivity contribution in [1.29, 1.82) is 0 Å². The summed E-state index contributed by atoms with van der Waals surface area (Å²) in [7, 11) is -0.572. The Morgan fingerprint density at radius 1 is 1.19 bits per heavy atom. The third-order valence-corrected chi connectivity index (χ3v) is 6.23. The molecule has 144 valence electrons. The second kappa shape index (κ2) is 8.13. The fourth-order valence-electron chi connectivity index (χ4n) is 2.77.